The number of ether oxygens (including phenoxy) is 2. The number of carbonyl (C=O) groups is 1. The lowest BCUT2D eigenvalue weighted by molar-refractivity contribution is -0.123. The fraction of sp³-hybridized carbons (Fsp3) is 0.467. The third-order valence-corrected chi connectivity index (χ3v) is 3.37. The molecule has 0 saturated heterocycles. The molecule has 0 heterocycles. The Morgan fingerprint density at radius 1 is 1.48 bits per heavy atom. The first kappa shape index (κ1) is 15.2. The second-order valence-electron chi connectivity index (χ2n) is 5.08. The van der Waals surface area contributed by atoms with Gasteiger partial charge in [0.1, 0.15) is 11.5 Å². The summed E-state index contributed by atoms with van der Waals surface area (Å²) in [6.07, 6.45) is 2.38. The molecule has 1 fully saturated rings. The van der Waals surface area contributed by atoms with E-state index in [1.54, 1.807) is 32.2 Å². The van der Waals surface area contributed by atoms with Crippen molar-refractivity contribution in [1.82, 2.24) is 5.32 Å². The van der Waals surface area contributed by atoms with Crippen LogP contribution in [-0.4, -0.2) is 37.1 Å². The lowest BCUT2D eigenvalue weighted by Crippen LogP contribution is -2.30. The molecule has 0 aliphatic heterocycles. The highest BCUT2D eigenvalue weighted by atomic mass is 16.5. The molecule has 1 aliphatic carbocycles. The Bertz CT molecular complexity index is 538. The molecule has 2 N–H and O–H groups in total. The van der Waals surface area contributed by atoms with Crippen molar-refractivity contribution < 1.29 is 19.5 Å². The van der Waals surface area contributed by atoms with Crippen molar-refractivity contribution in [1.29, 1.82) is 0 Å². The van der Waals surface area contributed by atoms with Crippen LogP contribution in [0.2, 0.25) is 0 Å². The third-order valence-electron chi connectivity index (χ3n) is 3.37. The van der Waals surface area contributed by atoms with E-state index in [1.807, 2.05) is 0 Å². The van der Waals surface area contributed by atoms with Crippen LogP contribution in [-0.2, 0) is 4.79 Å². The minimum Gasteiger partial charge on any atom is -0.497 e. The molecule has 1 amide bonds. The molecule has 114 valence electrons. The summed E-state index contributed by atoms with van der Waals surface area (Å²) in [5, 5.41) is 14.9. The Labute approximate surface area is 123 Å². The van der Waals surface area contributed by atoms with E-state index < -0.39 is 0 Å². The zero-order valence-corrected chi connectivity index (χ0v) is 12.3. The number of nitrogens with one attached hydrogen (secondary N) is 1. The number of benzene rings is 1. The summed E-state index contributed by atoms with van der Waals surface area (Å²) in [7, 11) is 1.55. The standard InChI is InChI=1S/C15H20N2O4/c1-10(17-19)13-6-5-12(20-2)7-14(13)21-9-15(18)16-8-11-3-4-11/h5-7,11,19H,3-4,8-9H2,1-2H3,(H,16,18)/b17-10+. The summed E-state index contributed by atoms with van der Waals surface area (Å²) >= 11 is 0. The second-order valence-corrected chi connectivity index (χ2v) is 5.08. The van der Waals surface area contributed by atoms with Gasteiger partial charge in [-0.05, 0) is 37.8 Å². The number of hydrogen-bond acceptors (Lipinski definition) is 5. The quantitative estimate of drug-likeness (QED) is 0.456. The van der Waals surface area contributed by atoms with E-state index in [1.165, 1.54) is 12.8 Å². The van der Waals surface area contributed by atoms with Crippen molar-refractivity contribution in [3.05, 3.63) is 23.8 Å². The van der Waals surface area contributed by atoms with E-state index >= 15 is 0 Å². The zero-order chi connectivity index (χ0) is 15.2. The lowest BCUT2D eigenvalue weighted by Gasteiger charge is -2.12. The molecule has 0 aromatic heterocycles. The molecule has 6 heteroatoms. The number of rotatable bonds is 7. The van der Waals surface area contributed by atoms with Gasteiger partial charge in [0.05, 0.1) is 12.8 Å². The number of amides is 1. The Morgan fingerprint density at radius 2 is 2.24 bits per heavy atom. The van der Waals surface area contributed by atoms with E-state index in [0.717, 1.165) is 0 Å². The Morgan fingerprint density at radius 3 is 2.86 bits per heavy atom. The summed E-state index contributed by atoms with van der Waals surface area (Å²) in [5.41, 5.74) is 1.03. The SMILES string of the molecule is COc1ccc(/C(C)=N/O)c(OCC(=O)NCC2CC2)c1. The number of nitrogens with zero attached hydrogens (tertiary/aromatic N) is 1. The highest BCUT2D eigenvalue weighted by Crippen LogP contribution is 2.27. The lowest BCUT2D eigenvalue weighted by atomic mass is 10.1. The van der Waals surface area contributed by atoms with Gasteiger partial charge in [-0.3, -0.25) is 4.79 Å². The fourth-order valence-electron chi connectivity index (χ4n) is 1.88. The summed E-state index contributed by atoms with van der Waals surface area (Å²) < 4.78 is 10.7. The van der Waals surface area contributed by atoms with Crippen molar-refractivity contribution in [3.63, 3.8) is 0 Å². The topological polar surface area (TPSA) is 80.2 Å². The molecular formula is C15H20N2O4. The maximum absolute atomic E-state index is 11.7. The molecule has 1 aromatic carbocycles. The predicted octanol–water partition coefficient (Wildman–Crippen LogP) is 1.80. The smallest absolute Gasteiger partial charge is 0.257 e. The predicted molar refractivity (Wildman–Crippen MR) is 78.2 cm³/mol. The van der Waals surface area contributed by atoms with Gasteiger partial charge in [-0.2, -0.15) is 0 Å². The molecule has 0 bridgehead atoms. The molecule has 0 radical (unpaired) electrons. The fourth-order valence-corrected chi connectivity index (χ4v) is 1.88. The van der Waals surface area contributed by atoms with Gasteiger partial charge in [-0.15, -0.1) is 0 Å². The largest absolute Gasteiger partial charge is 0.497 e. The first-order chi connectivity index (χ1) is 10.1. The minimum atomic E-state index is -0.158. The van der Waals surface area contributed by atoms with Crippen LogP contribution in [0.25, 0.3) is 0 Å². The molecular weight excluding hydrogens is 272 g/mol. The van der Waals surface area contributed by atoms with Crippen molar-refractivity contribution in [3.8, 4) is 11.5 Å². The first-order valence-corrected chi connectivity index (χ1v) is 6.90. The molecule has 6 nitrogen and oxygen atoms in total. The molecule has 21 heavy (non-hydrogen) atoms. The normalized spacial score (nSPS) is 14.7. The van der Waals surface area contributed by atoms with E-state index in [-0.39, 0.29) is 12.5 Å². The monoisotopic (exact) mass is 292 g/mol. The molecule has 1 aliphatic rings. The number of oxime groups is 1. The van der Waals surface area contributed by atoms with Crippen LogP contribution in [0.5, 0.6) is 11.5 Å². The highest BCUT2D eigenvalue weighted by molar-refractivity contribution is 6.01. The average molecular weight is 292 g/mol. The molecule has 0 atom stereocenters. The van der Waals surface area contributed by atoms with Crippen LogP contribution >= 0.6 is 0 Å². The van der Waals surface area contributed by atoms with E-state index in [4.69, 9.17) is 14.7 Å². The number of hydrogen-bond donors (Lipinski definition) is 2. The number of methoxy groups -OCH3 is 1. The van der Waals surface area contributed by atoms with Crippen LogP contribution in [0.4, 0.5) is 0 Å². The van der Waals surface area contributed by atoms with E-state index in [0.29, 0.717) is 35.2 Å². The molecule has 1 saturated carbocycles. The van der Waals surface area contributed by atoms with Gasteiger partial charge in [0, 0.05) is 18.2 Å². The molecule has 2 rings (SSSR count). The Kier molecular flexibility index (Phi) is 5.03. The van der Waals surface area contributed by atoms with Gasteiger partial charge < -0.3 is 20.0 Å². The van der Waals surface area contributed by atoms with Crippen molar-refractivity contribution in [2.75, 3.05) is 20.3 Å². The molecule has 1 aromatic rings. The van der Waals surface area contributed by atoms with Gasteiger partial charge in [0.2, 0.25) is 0 Å². The highest BCUT2D eigenvalue weighted by Gasteiger charge is 2.21. The van der Waals surface area contributed by atoms with E-state index in [2.05, 4.69) is 10.5 Å². The average Bonchev–Trinajstić information content (AvgIpc) is 3.34. The van der Waals surface area contributed by atoms with Crippen LogP contribution in [0.15, 0.2) is 23.4 Å². The number of carbonyl (C=O) groups excluding carboxylic acids is 1. The van der Waals surface area contributed by atoms with Crippen molar-refractivity contribution in [2.24, 2.45) is 11.1 Å². The van der Waals surface area contributed by atoms with Crippen molar-refractivity contribution >= 4 is 11.6 Å². The summed E-state index contributed by atoms with van der Waals surface area (Å²) in [5.74, 6) is 1.53. The van der Waals surface area contributed by atoms with Crippen LogP contribution < -0.4 is 14.8 Å². The van der Waals surface area contributed by atoms with Gasteiger partial charge >= 0.3 is 0 Å². The van der Waals surface area contributed by atoms with Gasteiger partial charge in [0.15, 0.2) is 6.61 Å². The molecule has 0 spiro atoms. The van der Waals surface area contributed by atoms with Crippen LogP contribution in [0.1, 0.15) is 25.3 Å². The Balaban J connectivity index is 2.00. The third kappa shape index (κ3) is 4.37. The summed E-state index contributed by atoms with van der Waals surface area (Å²) in [6.45, 7) is 2.29. The maximum atomic E-state index is 11.7. The summed E-state index contributed by atoms with van der Waals surface area (Å²) in [4.78, 5) is 11.7. The molecule has 0 unspecified atom stereocenters. The minimum absolute atomic E-state index is 0.0778. The Hall–Kier alpha value is -2.24. The van der Waals surface area contributed by atoms with Crippen molar-refractivity contribution in [2.45, 2.75) is 19.8 Å². The van der Waals surface area contributed by atoms with Gasteiger partial charge in [-0.1, -0.05) is 5.16 Å². The second kappa shape index (κ2) is 6.97. The maximum Gasteiger partial charge on any atom is 0.257 e. The zero-order valence-electron chi connectivity index (χ0n) is 12.3. The first-order valence-electron chi connectivity index (χ1n) is 6.90. The van der Waals surface area contributed by atoms with Crippen LogP contribution in [0.3, 0.4) is 0 Å². The van der Waals surface area contributed by atoms with Gasteiger partial charge in [0.25, 0.3) is 5.91 Å². The van der Waals surface area contributed by atoms with Crippen LogP contribution in [0, 0.1) is 5.92 Å². The van der Waals surface area contributed by atoms with E-state index in [9.17, 15) is 4.79 Å². The van der Waals surface area contributed by atoms with Gasteiger partial charge in [-0.25, -0.2) is 0 Å². The summed E-state index contributed by atoms with van der Waals surface area (Å²) in [6, 6.07) is 5.13.